The Labute approximate surface area is 148 Å². The van der Waals surface area contributed by atoms with Gasteiger partial charge in [0.2, 0.25) is 6.41 Å². The van der Waals surface area contributed by atoms with Gasteiger partial charge in [-0.25, -0.2) is 4.79 Å². The van der Waals surface area contributed by atoms with Gasteiger partial charge in [0.15, 0.2) is 0 Å². The molecular weight excluding hydrogens is 379 g/mol. The lowest BCUT2D eigenvalue weighted by Gasteiger charge is -2.32. The third kappa shape index (κ3) is 4.80. The number of imide groups is 1. The topological polar surface area (TPSA) is 69.6 Å². The third-order valence-electron chi connectivity index (χ3n) is 3.98. The number of hydrogen-bond acceptors (Lipinski definition) is 3. The Bertz CT molecular complexity index is 636. The molecule has 1 aromatic rings. The molecule has 0 bridgehead atoms. The Hall–Kier alpha value is -1.89. The van der Waals surface area contributed by atoms with Crippen molar-refractivity contribution >= 4 is 34.4 Å². The molecular formula is C17H20BrFN2O3. The van der Waals surface area contributed by atoms with E-state index in [0.29, 0.717) is 23.8 Å². The maximum atomic E-state index is 12.2. The molecule has 0 radical (unpaired) electrons. The molecule has 3 amide bonds. The lowest BCUT2D eigenvalue weighted by atomic mass is 9.94. The van der Waals surface area contributed by atoms with Crippen LogP contribution in [0.5, 0.6) is 5.75 Å². The molecule has 1 aliphatic heterocycles. The van der Waals surface area contributed by atoms with E-state index in [2.05, 4.69) is 21.2 Å². The summed E-state index contributed by atoms with van der Waals surface area (Å²) >= 11 is 3.26. The Morgan fingerprint density at radius 2 is 2.17 bits per heavy atom. The zero-order chi connectivity index (χ0) is 17.5. The highest BCUT2D eigenvalue weighted by molar-refractivity contribution is 9.10. The van der Waals surface area contributed by atoms with Crippen molar-refractivity contribution in [3.8, 4) is 5.75 Å². The van der Waals surface area contributed by atoms with Crippen molar-refractivity contribution in [3.63, 3.8) is 0 Å². The van der Waals surface area contributed by atoms with Crippen LogP contribution in [0.4, 0.5) is 9.18 Å². The zero-order valence-electron chi connectivity index (χ0n) is 13.2. The number of unbranched alkanes of at least 4 members (excludes halogenated alkanes) is 2. The molecule has 1 heterocycles. The van der Waals surface area contributed by atoms with E-state index in [-0.39, 0.29) is 18.3 Å². The summed E-state index contributed by atoms with van der Waals surface area (Å²) in [4.78, 5) is 24.0. The van der Waals surface area contributed by atoms with Gasteiger partial charge in [0, 0.05) is 18.2 Å². The van der Waals surface area contributed by atoms with Gasteiger partial charge < -0.3 is 10.4 Å². The van der Waals surface area contributed by atoms with Crippen LogP contribution in [0.15, 0.2) is 28.4 Å². The number of carbonyl (C=O) groups excluding carboxylic acids is 2. The second-order valence-corrected chi connectivity index (χ2v) is 6.59. The van der Waals surface area contributed by atoms with Crippen LogP contribution in [-0.2, 0) is 4.79 Å². The van der Waals surface area contributed by atoms with Crippen LogP contribution in [0, 0.1) is 5.92 Å². The standard InChI is InChI=1S/C17H20BrFN2O3/c18-14-8-12(5-6-16(14)23)9-15-13(4-2-1-3-7-19)10-21(11-22)17(24)20-15/h5-6,8-9,11,13,23H,1-4,7,10H2,(H,20,24)/b15-9-. The minimum atomic E-state index is -0.450. The molecule has 5 nitrogen and oxygen atoms in total. The number of benzene rings is 1. The Morgan fingerprint density at radius 3 is 2.83 bits per heavy atom. The van der Waals surface area contributed by atoms with E-state index < -0.39 is 6.03 Å². The molecule has 0 saturated carbocycles. The Kier molecular flexibility index (Phi) is 6.78. The number of aromatic hydroxyl groups is 1. The number of nitrogens with zero attached hydrogens (tertiary/aromatic N) is 1. The Balaban J connectivity index is 2.17. The summed E-state index contributed by atoms with van der Waals surface area (Å²) in [6.07, 6.45) is 5.26. The molecule has 1 unspecified atom stereocenters. The van der Waals surface area contributed by atoms with Crippen LogP contribution in [0.3, 0.4) is 0 Å². The van der Waals surface area contributed by atoms with E-state index in [1.165, 1.54) is 0 Å². The predicted molar refractivity (Wildman–Crippen MR) is 93.0 cm³/mol. The van der Waals surface area contributed by atoms with E-state index in [4.69, 9.17) is 0 Å². The van der Waals surface area contributed by atoms with Crippen LogP contribution < -0.4 is 5.32 Å². The number of alkyl halides is 1. The molecule has 0 aliphatic carbocycles. The second-order valence-electron chi connectivity index (χ2n) is 5.73. The smallest absolute Gasteiger partial charge is 0.328 e. The van der Waals surface area contributed by atoms with Crippen molar-refractivity contribution in [2.75, 3.05) is 13.2 Å². The number of phenolic OH excluding ortho intramolecular Hbond substituents is 1. The number of nitrogens with one attached hydrogen (secondary N) is 1. The summed E-state index contributed by atoms with van der Waals surface area (Å²) in [5.74, 6) is 0.125. The van der Waals surface area contributed by atoms with Crippen molar-refractivity contribution in [2.45, 2.75) is 25.7 Å². The van der Waals surface area contributed by atoms with Crippen molar-refractivity contribution < 1.29 is 19.1 Å². The SMILES string of the molecule is O=CN1CC(CCCCCF)/C(=C/c2ccc(O)c(Br)c2)NC1=O. The van der Waals surface area contributed by atoms with Gasteiger partial charge in [-0.3, -0.25) is 14.1 Å². The first-order chi connectivity index (χ1) is 11.5. The largest absolute Gasteiger partial charge is 0.507 e. The van der Waals surface area contributed by atoms with Crippen molar-refractivity contribution in [1.29, 1.82) is 0 Å². The lowest BCUT2D eigenvalue weighted by Crippen LogP contribution is -2.48. The number of carbonyl (C=O) groups is 2. The number of urea groups is 1. The average Bonchev–Trinajstić information content (AvgIpc) is 2.56. The highest BCUT2D eigenvalue weighted by Crippen LogP contribution is 2.28. The van der Waals surface area contributed by atoms with Gasteiger partial charge in [0.1, 0.15) is 5.75 Å². The van der Waals surface area contributed by atoms with Gasteiger partial charge in [-0.1, -0.05) is 18.9 Å². The normalized spacial score (nSPS) is 19.4. The predicted octanol–water partition coefficient (Wildman–Crippen LogP) is 3.82. The van der Waals surface area contributed by atoms with Gasteiger partial charge in [0.05, 0.1) is 11.1 Å². The molecule has 0 aromatic heterocycles. The first-order valence-corrected chi connectivity index (χ1v) is 8.63. The second kappa shape index (κ2) is 8.82. The summed E-state index contributed by atoms with van der Waals surface area (Å²) in [6.45, 7) is -0.0118. The molecule has 1 aromatic carbocycles. The number of amides is 3. The minimum Gasteiger partial charge on any atom is -0.507 e. The summed E-state index contributed by atoms with van der Waals surface area (Å²) in [7, 11) is 0. The zero-order valence-corrected chi connectivity index (χ0v) is 14.8. The summed E-state index contributed by atoms with van der Waals surface area (Å²) in [5.41, 5.74) is 1.55. The van der Waals surface area contributed by atoms with E-state index in [1.807, 2.05) is 6.08 Å². The van der Waals surface area contributed by atoms with Crippen molar-refractivity contribution in [1.82, 2.24) is 10.2 Å². The van der Waals surface area contributed by atoms with Crippen LogP contribution in [0.1, 0.15) is 31.2 Å². The highest BCUT2D eigenvalue weighted by atomic mass is 79.9. The summed E-state index contributed by atoms with van der Waals surface area (Å²) in [6, 6.07) is 4.61. The molecule has 2 N–H and O–H groups in total. The Morgan fingerprint density at radius 1 is 1.38 bits per heavy atom. The third-order valence-corrected chi connectivity index (χ3v) is 4.61. The first kappa shape index (κ1) is 18.4. The average molecular weight is 399 g/mol. The fraction of sp³-hybridized carbons (Fsp3) is 0.412. The summed E-state index contributed by atoms with van der Waals surface area (Å²) in [5, 5.41) is 12.3. The van der Waals surface area contributed by atoms with Crippen LogP contribution >= 0.6 is 15.9 Å². The molecule has 1 atom stereocenters. The fourth-order valence-corrected chi connectivity index (χ4v) is 3.06. The molecule has 7 heteroatoms. The van der Waals surface area contributed by atoms with Gasteiger partial charge >= 0.3 is 6.03 Å². The van der Waals surface area contributed by atoms with E-state index >= 15 is 0 Å². The quantitative estimate of drug-likeness (QED) is 0.541. The monoisotopic (exact) mass is 398 g/mol. The fourth-order valence-electron chi connectivity index (χ4n) is 2.66. The number of halogens is 2. The van der Waals surface area contributed by atoms with Crippen molar-refractivity contribution in [2.24, 2.45) is 5.92 Å². The van der Waals surface area contributed by atoms with E-state index in [0.717, 1.165) is 35.4 Å². The molecule has 0 spiro atoms. The minimum absolute atomic E-state index is 0.0138. The molecule has 2 rings (SSSR count). The maximum Gasteiger partial charge on any atom is 0.328 e. The van der Waals surface area contributed by atoms with E-state index in [1.54, 1.807) is 18.2 Å². The van der Waals surface area contributed by atoms with Crippen LogP contribution in [0.25, 0.3) is 6.08 Å². The van der Waals surface area contributed by atoms with Crippen LogP contribution in [-0.4, -0.2) is 35.7 Å². The number of hydrogen-bond donors (Lipinski definition) is 2. The van der Waals surface area contributed by atoms with Crippen LogP contribution in [0.2, 0.25) is 0 Å². The number of phenols is 1. The maximum absolute atomic E-state index is 12.2. The lowest BCUT2D eigenvalue weighted by molar-refractivity contribution is -0.116. The van der Waals surface area contributed by atoms with Crippen molar-refractivity contribution in [3.05, 3.63) is 33.9 Å². The highest BCUT2D eigenvalue weighted by Gasteiger charge is 2.28. The molecule has 1 aliphatic rings. The van der Waals surface area contributed by atoms with Gasteiger partial charge in [-0.05, 0) is 52.5 Å². The molecule has 130 valence electrons. The van der Waals surface area contributed by atoms with Gasteiger partial charge in [0.25, 0.3) is 0 Å². The van der Waals surface area contributed by atoms with Gasteiger partial charge in [-0.2, -0.15) is 0 Å². The number of rotatable bonds is 7. The van der Waals surface area contributed by atoms with E-state index in [9.17, 15) is 19.1 Å². The molecule has 1 saturated heterocycles. The first-order valence-electron chi connectivity index (χ1n) is 7.84. The van der Waals surface area contributed by atoms with Gasteiger partial charge in [-0.15, -0.1) is 0 Å². The molecule has 1 fully saturated rings. The molecule has 24 heavy (non-hydrogen) atoms. The summed E-state index contributed by atoms with van der Waals surface area (Å²) < 4.78 is 12.8.